The fraction of sp³-hybridized carbons (Fsp3) is 0.0714. The van der Waals surface area contributed by atoms with Crippen molar-refractivity contribution in [2.45, 2.75) is 6.92 Å². The normalized spacial score (nSPS) is 10.2. The molecule has 0 aliphatic rings. The zero-order valence-corrected chi connectivity index (χ0v) is 13.2. The van der Waals surface area contributed by atoms with Crippen LogP contribution < -0.4 is 5.32 Å². The van der Waals surface area contributed by atoms with Gasteiger partial charge in [0.1, 0.15) is 0 Å². The molecule has 0 atom stereocenters. The molecule has 2 aromatic rings. The molecule has 0 radical (unpaired) electrons. The Labute approximate surface area is 134 Å². The first-order valence-electron chi connectivity index (χ1n) is 5.90. The number of aryl methyl sites for hydroxylation is 1. The Balaban J connectivity index is 2.28. The van der Waals surface area contributed by atoms with Gasteiger partial charge in [-0.05, 0) is 46.6 Å². The zero-order valence-electron chi connectivity index (χ0n) is 10.9. The summed E-state index contributed by atoms with van der Waals surface area (Å²) in [5.74, 6) is -0.377. The molecule has 0 aromatic heterocycles. The van der Waals surface area contributed by atoms with Gasteiger partial charge in [-0.2, -0.15) is 0 Å². The van der Waals surface area contributed by atoms with Gasteiger partial charge in [-0.25, -0.2) is 0 Å². The van der Waals surface area contributed by atoms with Crippen molar-refractivity contribution in [1.82, 2.24) is 0 Å². The number of non-ortho nitro benzene ring substituents is 1. The van der Waals surface area contributed by atoms with E-state index in [1.165, 1.54) is 18.2 Å². The van der Waals surface area contributed by atoms with Crippen LogP contribution in [-0.4, -0.2) is 10.8 Å². The average molecular weight is 370 g/mol. The smallest absolute Gasteiger partial charge is 0.269 e. The van der Waals surface area contributed by atoms with E-state index in [0.29, 0.717) is 26.3 Å². The van der Waals surface area contributed by atoms with Crippen molar-refractivity contribution in [3.8, 4) is 0 Å². The van der Waals surface area contributed by atoms with Crippen LogP contribution in [0.4, 0.5) is 11.4 Å². The lowest BCUT2D eigenvalue weighted by Gasteiger charge is -2.10. The fourth-order valence-corrected chi connectivity index (χ4v) is 2.35. The molecule has 2 rings (SSSR count). The van der Waals surface area contributed by atoms with Crippen molar-refractivity contribution >= 4 is 44.8 Å². The van der Waals surface area contributed by atoms with Gasteiger partial charge in [0, 0.05) is 22.3 Å². The number of nitrogens with zero attached hydrogens (tertiary/aromatic N) is 1. The summed E-state index contributed by atoms with van der Waals surface area (Å²) in [7, 11) is 0. The van der Waals surface area contributed by atoms with Crippen LogP contribution >= 0.6 is 27.5 Å². The number of nitrogens with one attached hydrogen (secondary N) is 1. The van der Waals surface area contributed by atoms with Crippen molar-refractivity contribution in [2.75, 3.05) is 5.32 Å². The molecular formula is C14H10BrClN2O3. The van der Waals surface area contributed by atoms with E-state index in [0.717, 1.165) is 0 Å². The summed E-state index contributed by atoms with van der Waals surface area (Å²) in [6, 6.07) is 9.27. The molecular weight excluding hydrogens is 360 g/mol. The third-order valence-corrected chi connectivity index (χ3v) is 4.16. The summed E-state index contributed by atoms with van der Waals surface area (Å²) < 4.78 is 0.622. The second kappa shape index (κ2) is 6.24. The first-order chi connectivity index (χ1) is 9.90. The lowest BCUT2D eigenvalue weighted by atomic mass is 10.1. The van der Waals surface area contributed by atoms with Crippen LogP contribution in [0.2, 0.25) is 5.02 Å². The van der Waals surface area contributed by atoms with Crippen LogP contribution in [-0.2, 0) is 0 Å². The molecule has 7 heteroatoms. The summed E-state index contributed by atoms with van der Waals surface area (Å²) in [5.41, 5.74) is 1.40. The maximum absolute atomic E-state index is 12.2. The lowest BCUT2D eigenvalue weighted by Crippen LogP contribution is -2.13. The quantitative estimate of drug-likeness (QED) is 0.636. The van der Waals surface area contributed by atoms with Gasteiger partial charge < -0.3 is 5.32 Å². The Morgan fingerprint density at radius 2 is 2.05 bits per heavy atom. The van der Waals surface area contributed by atoms with E-state index in [1.807, 2.05) is 0 Å². The number of hydrogen-bond donors (Lipinski definition) is 1. The predicted octanol–water partition coefficient (Wildman–Crippen LogP) is 4.57. The van der Waals surface area contributed by atoms with E-state index in [-0.39, 0.29) is 11.6 Å². The Morgan fingerprint density at radius 3 is 2.67 bits per heavy atom. The summed E-state index contributed by atoms with van der Waals surface area (Å²) in [6.45, 7) is 1.69. The highest BCUT2D eigenvalue weighted by atomic mass is 79.9. The van der Waals surface area contributed by atoms with Crippen molar-refractivity contribution in [1.29, 1.82) is 0 Å². The van der Waals surface area contributed by atoms with Crippen molar-refractivity contribution in [2.24, 2.45) is 0 Å². The number of nitro benzene ring substituents is 1. The predicted molar refractivity (Wildman–Crippen MR) is 84.9 cm³/mol. The Morgan fingerprint density at radius 1 is 1.33 bits per heavy atom. The minimum Gasteiger partial charge on any atom is -0.322 e. The molecule has 5 nitrogen and oxygen atoms in total. The second-order valence-corrected chi connectivity index (χ2v) is 5.54. The highest BCUT2D eigenvalue weighted by Crippen LogP contribution is 2.27. The second-order valence-electron chi connectivity index (χ2n) is 4.31. The van der Waals surface area contributed by atoms with Crippen molar-refractivity contribution in [3.63, 3.8) is 0 Å². The average Bonchev–Trinajstić information content (AvgIpc) is 2.43. The topological polar surface area (TPSA) is 72.2 Å². The number of nitro groups is 1. The van der Waals surface area contributed by atoms with E-state index < -0.39 is 4.92 Å². The number of carbonyl (C=O) groups excluding carboxylic acids is 1. The molecule has 0 saturated carbocycles. The number of anilines is 1. The molecule has 0 fully saturated rings. The molecule has 0 aliphatic heterocycles. The zero-order chi connectivity index (χ0) is 15.6. The largest absolute Gasteiger partial charge is 0.322 e. The Bertz CT molecular complexity index is 734. The van der Waals surface area contributed by atoms with E-state index in [1.54, 1.807) is 25.1 Å². The molecule has 2 aromatic carbocycles. The molecule has 0 spiro atoms. The van der Waals surface area contributed by atoms with Gasteiger partial charge in [-0.1, -0.05) is 17.7 Å². The molecule has 0 saturated heterocycles. The molecule has 21 heavy (non-hydrogen) atoms. The number of benzene rings is 2. The molecule has 1 amide bonds. The van der Waals surface area contributed by atoms with E-state index in [9.17, 15) is 14.9 Å². The summed E-state index contributed by atoms with van der Waals surface area (Å²) in [4.78, 5) is 22.4. The van der Waals surface area contributed by atoms with Crippen LogP contribution in [0, 0.1) is 17.0 Å². The van der Waals surface area contributed by atoms with Gasteiger partial charge in [0.2, 0.25) is 0 Å². The first kappa shape index (κ1) is 15.5. The first-order valence-corrected chi connectivity index (χ1v) is 7.07. The fourth-order valence-electron chi connectivity index (χ4n) is 1.77. The maximum Gasteiger partial charge on any atom is 0.269 e. The van der Waals surface area contributed by atoms with E-state index in [4.69, 9.17) is 11.6 Å². The monoisotopic (exact) mass is 368 g/mol. The minimum atomic E-state index is -0.482. The third-order valence-electron chi connectivity index (χ3n) is 2.87. The molecule has 0 bridgehead atoms. The van der Waals surface area contributed by atoms with Crippen molar-refractivity contribution < 1.29 is 9.72 Å². The standard InChI is InChI=1S/C14H10BrClN2O3/c1-8-7-9(18(20)21)5-6-12(8)17-14(19)10-3-2-4-11(15)13(10)16/h2-7H,1H3,(H,17,19). The number of amides is 1. The van der Waals surface area contributed by atoms with Gasteiger partial charge in [-0.15, -0.1) is 0 Å². The van der Waals surface area contributed by atoms with Crippen LogP contribution in [0.1, 0.15) is 15.9 Å². The summed E-state index contributed by atoms with van der Waals surface area (Å²) in [5, 5.41) is 13.7. The van der Waals surface area contributed by atoms with E-state index in [2.05, 4.69) is 21.2 Å². The van der Waals surface area contributed by atoms with Crippen LogP contribution in [0.15, 0.2) is 40.9 Å². The number of rotatable bonds is 3. The number of halogens is 2. The molecule has 0 unspecified atom stereocenters. The Kier molecular flexibility index (Phi) is 4.59. The van der Waals surface area contributed by atoms with Crippen LogP contribution in [0.5, 0.6) is 0 Å². The Hall–Kier alpha value is -1.92. The van der Waals surface area contributed by atoms with Crippen molar-refractivity contribution in [3.05, 3.63) is 67.1 Å². The number of hydrogen-bond acceptors (Lipinski definition) is 3. The lowest BCUT2D eigenvalue weighted by molar-refractivity contribution is -0.384. The van der Waals surface area contributed by atoms with Gasteiger partial charge in [0.05, 0.1) is 15.5 Å². The minimum absolute atomic E-state index is 0.0222. The molecule has 0 heterocycles. The molecule has 1 N–H and O–H groups in total. The summed E-state index contributed by atoms with van der Waals surface area (Å²) in [6.07, 6.45) is 0. The maximum atomic E-state index is 12.2. The van der Waals surface area contributed by atoms with Gasteiger partial charge in [-0.3, -0.25) is 14.9 Å². The summed E-state index contributed by atoms with van der Waals surface area (Å²) >= 11 is 9.32. The van der Waals surface area contributed by atoms with Crippen LogP contribution in [0.3, 0.4) is 0 Å². The van der Waals surface area contributed by atoms with Crippen LogP contribution in [0.25, 0.3) is 0 Å². The molecule has 108 valence electrons. The van der Waals surface area contributed by atoms with Gasteiger partial charge in [0.25, 0.3) is 11.6 Å². The highest BCUT2D eigenvalue weighted by molar-refractivity contribution is 9.10. The number of carbonyl (C=O) groups is 1. The third kappa shape index (κ3) is 3.40. The molecule has 0 aliphatic carbocycles. The SMILES string of the molecule is Cc1cc([N+](=O)[O-])ccc1NC(=O)c1cccc(Br)c1Cl. The van der Waals surface area contributed by atoms with E-state index >= 15 is 0 Å². The van der Waals surface area contributed by atoms with Gasteiger partial charge >= 0.3 is 0 Å². The highest BCUT2D eigenvalue weighted by Gasteiger charge is 2.14. The van der Waals surface area contributed by atoms with Gasteiger partial charge in [0.15, 0.2) is 0 Å².